The fourth-order valence-corrected chi connectivity index (χ4v) is 2.83. The van der Waals surface area contributed by atoms with Gasteiger partial charge in [0.2, 0.25) is 0 Å². The highest BCUT2D eigenvalue weighted by Gasteiger charge is 2.32. The van der Waals surface area contributed by atoms with E-state index in [9.17, 15) is 5.11 Å². The van der Waals surface area contributed by atoms with Gasteiger partial charge in [-0.25, -0.2) is 0 Å². The number of methoxy groups -OCH3 is 1. The van der Waals surface area contributed by atoms with Crippen molar-refractivity contribution in [2.45, 2.75) is 37.8 Å². The summed E-state index contributed by atoms with van der Waals surface area (Å²) in [6, 6.07) is 0.645. The summed E-state index contributed by atoms with van der Waals surface area (Å²) >= 11 is 0. The van der Waals surface area contributed by atoms with Crippen LogP contribution in [-0.4, -0.2) is 49.0 Å². The Morgan fingerprint density at radius 1 is 1.36 bits per heavy atom. The van der Waals surface area contributed by atoms with Crippen LogP contribution in [0.3, 0.4) is 0 Å². The molecule has 3 unspecified atom stereocenters. The first kappa shape index (κ1) is 10.4. The van der Waals surface area contributed by atoms with Crippen molar-refractivity contribution in [1.29, 1.82) is 0 Å². The number of likely N-dealkylation sites (tertiary alicyclic amines) is 1. The fraction of sp³-hybridized carbons (Fsp3) is 1.00. The molecule has 0 spiro atoms. The van der Waals surface area contributed by atoms with Crippen LogP contribution in [0.4, 0.5) is 0 Å². The van der Waals surface area contributed by atoms with Gasteiger partial charge in [0.1, 0.15) is 0 Å². The molecule has 0 aromatic carbocycles. The minimum absolute atomic E-state index is 0.0403. The van der Waals surface area contributed by atoms with Gasteiger partial charge in [-0.2, -0.15) is 0 Å². The van der Waals surface area contributed by atoms with E-state index in [-0.39, 0.29) is 6.10 Å². The number of hydrogen-bond donors (Lipinski definition) is 1. The Bertz CT molecular complexity index is 186. The van der Waals surface area contributed by atoms with E-state index < -0.39 is 0 Å². The predicted octanol–water partition coefficient (Wildman–Crippen LogP) is 0.868. The van der Waals surface area contributed by atoms with Gasteiger partial charge >= 0.3 is 0 Å². The van der Waals surface area contributed by atoms with Crippen LogP contribution in [-0.2, 0) is 4.74 Å². The number of aliphatic hydroxyl groups is 1. The molecule has 0 amide bonds. The van der Waals surface area contributed by atoms with Crippen LogP contribution in [0.5, 0.6) is 0 Å². The maximum Gasteiger partial charge on any atom is 0.0555 e. The zero-order valence-corrected chi connectivity index (χ0v) is 8.98. The maximum atomic E-state index is 9.48. The Labute approximate surface area is 86.0 Å². The Morgan fingerprint density at radius 3 is 2.86 bits per heavy atom. The molecule has 1 N–H and O–H groups in total. The molecule has 1 aliphatic heterocycles. The summed E-state index contributed by atoms with van der Waals surface area (Å²) in [6.45, 7) is 3.27. The molecule has 0 bridgehead atoms. The molecule has 1 aliphatic carbocycles. The highest BCUT2D eigenvalue weighted by Crippen LogP contribution is 2.28. The molecule has 0 radical (unpaired) electrons. The smallest absolute Gasteiger partial charge is 0.0555 e. The van der Waals surface area contributed by atoms with Crippen LogP contribution in [0, 0.1) is 5.92 Å². The predicted molar refractivity (Wildman–Crippen MR) is 55.2 cm³/mol. The lowest BCUT2D eigenvalue weighted by molar-refractivity contribution is 0.140. The van der Waals surface area contributed by atoms with Gasteiger partial charge in [0, 0.05) is 19.7 Å². The molecule has 3 atom stereocenters. The number of hydrogen-bond acceptors (Lipinski definition) is 3. The lowest BCUT2D eigenvalue weighted by atomic mass is 10.1. The van der Waals surface area contributed by atoms with E-state index in [0.29, 0.717) is 6.04 Å². The second kappa shape index (κ2) is 4.60. The first-order valence-electron chi connectivity index (χ1n) is 5.70. The van der Waals surface area contributed by atoms with Crippen LogP contribution in [0.15, 0.2) is 0 Å². The van der Waals surface area contributed by atoms with Crippen molar-refractivity contribution < 1.29 is 9.84 Å². The average Bonchev–Trinajstić information content (AvgIpc) is 2.74. The number of nitrogens with zero attached hydrogens (tertiary/aromatic N) is 1. The van der Waals surface area contributed by atoms with Crippen LogP contribution >= 0.6 is 0 Å². The minimum atomic E-state index is -0.0403. The largest absolute Gasteiger partial charge is 0.393 e. The normalized spacial score (nSPS) is 39.4. The SMILES string of the molecule is COCC1CCN(C2CCC(O)C2)C1. The van der Waals surface area contributed by atoms with Crippen molar-refractivity contribution in [3.63, 3.8) is 0 Å². The molecule has 0 aromatic heterocycles. The standard InChI is InChI=1S/C11H21NO2/c1-14-8-9-4-5-12(7-9)10-2-3-11(13)6-10/h9-11,13H,2-8H2,1H3. The summed E-state index contributed by atoms with van der Waals surface area (Å²) < 4.78 is 5.18. The van der Waals surface area contributed by atoms with Crippen molar-refractivity contribution in [3.8, 4) is 0 Å². The van der Waals surface area contributed by atoms with Gasteiger partial charge in [0.05, 0.1) is 12.7 Å². The molecule has 3 nitrogen and oxygen atoms in total. The average molecular weight is 199 g/mol. The molecular formula is C11H21NO2. The van der Waals surface area contributed by atoms with Gasteiger partial charge in [-0.3, -0.25) is 4.90 Å². The number of rotatable bonds is 3. The molecule has 2 fully saturated rings. The first-order chi connectivity index (χ1) is 6.79. The Hall–Kier alpha value is -0.120. The Kier molecular flexibility index (Phi) is 3.42. The summed E-state index contributed by atoms with van der Waals surface area (Å²) in [6.07, 6.45) is 4.39. The molecule has 1 saturated carbocycles. The van der Waals surface area contributed by atoms with Gasteiger partial charge in [-0.15, -0.1) is 0 Å². The van der Waals surface area contributed by atoms with Crippen LogP contribution in [0.25, 0.3) is 0 Å². The second-order valence-electron chi connectivity index (χ2n) is 4.73. The highest BCUT2D eigenvalue weighted by molar-refractivity contribution is 4.87. The molecule has 1 saturated heterocycles. The molecule has 3 heteroatoms. The van der Waals surface area contributed by atoms with E-state index >= 15 is 0 Å². The Balaban J connectivity index is 1.78. The highest BCUT2D eigenvalue weighted by atomic mass is 16.5. The summed E-state index contributed by atoms with van der Waals surface area (Å²) in [5, 5.41) is 9.48. The lowest BCUT2D eigenvalue weighted by Gasteiger charge is -2.23. The third-order valence-corrected chi connectivity index (χ3v) is 3.61. The molecular weight excluding hydrogens is 178 g/mol. The third kappa shape index (κ3) is 2.27. The fourth-order valence-electron chi connectivity index (χ4n) is 2.83. The van der Waals surface area contributed by atoms with E-state index in [2.05, 4.69) is 4.90 Å². The van der Waals surface area contributed by atoms with E-state index in [0.717, 1.165) is 25.4 Å². The van der Waals surface area contributed by atoms with E-state index in [1.165, 1.54) is 25.9 Å². The molecule has 82 valence electrons. The van der Waals surface area contributed by atoms with Gasteiger partial charge in [-0.05, 0) is 38.1 Å². The number of ether oxygens (including phenoxy) is 1. The maximum absolute atomic E-state index is 9.48. The molecule has 2 rings (SSSR count). The second-order valence-corrected chi connectivity index (χ2v) is 4.73. The zero-order valence-electron chi connectivity index (χ0n) is 8.98. The third-order valence-electron chi connectivity index (χ3n) is 3.61. The van der Waals surface area contributed by atoms with Crippen LogP contribution in [0.1, 0.15) is 25.7 Å². The summed E-state index contributed by atoms with van der Waals surface area (Å²) in [5.41, 5.74) is 0. The minimum Gasteiger partial charge on any atom is -0.393 e. The summed E-state index contributed by atoms with van der Waals surface area (Å²) in [7, 11) is 1.78. The molecule has 14 heavy (non-hydrogen) atoms. The van der Waals surface area contributed by atoms with Crippen molar-refractivity contribution in [1.82, 2.24) is 4.90 Å². The van der Waals surface area contributed by atoms with E-state index in [1.54, 1.807) is 7.11 Å². The molecule has 1 heterocycles. The summed E-state index contributed by atoms with van der Waals surface area (Å²) in [5.74, 6) is 0.720. The lowest BCUT2D eigenvalue weighted by Crippen LogP contribution is -2.32. The van der Waals surface area contributed by atoms with Crippen LogP contribution in [0.2, 0.25) is 0 Å². The summed E-state index contributed by atoms with van der Waals surface area (Å²) in [4.78, 5) is 2.54. The van der Waals surface area contributed by atoms with Gasteiger partial charge in [0.25, 0.3) is 0 Å². The van der Waals surface area contributed by atoms with Gasteiger partial charge in [-0.1, -0.05) is 0 Å². The molecule has 0 aromatic rings. The van der Waals surface area contributed by atoms with Crippen molar-refractivity contribution in [2.24, 2.45) is 5.92 Å². The van der Waals surface area contributed by atoms with Gasteiger partial charge in [0.15, 0.2) is 0 Å². The van der Waals surface area contributed by atoms with Crippen molar-refractivity contribution in [3.05, 3.63) is 0 Å². The van der Waals surface area contributed by atoms with E-state index in [4.69, 9.17) is 4.74 Å². The molecule has 2 aliphatic rings. The quantitative estimate of drug-likeness (QED) is 0.732. The topological polar surface area (TPSA) is 32.7 Å². The van der Waals surface area contributed by atoms with Crippen molar-refractivity contribution in [2.75, 3.05) is 26.8 Å². The van der Waals surface area contributed by atoms with Crippen molar-refractivity contribution >= 4 is 0 Å². The first-order valence-corrected chi connectivity index (χ1v) is 5.70. The van der Waals surface area contributed by atoms with Crippen LogP contribution < -0.4 is 0 Å². The number of aliphatic hydroxyl groups excluding tert-OH is 1. The Morgan fingerprint density at radius 2 is 2.21 bits per heavy atom. The van der Waals surface area contributed by atoms with E-state index in [1.807, 2.05) is 0 Å². The zero-order chi connectivity index (χ0) is 9.97. The monoisotopic (exact) mass is 199 g/mol. The van der Waals surface area contributed by atoms with Gasteiger partial charge < -0.3 is 9.84 Å².